The molecule has 10 nitrogen and oxygen atoms in total. The van der Waals surface area contributed by atoms with Crippen LogP contribution in [0.4, 0.5) is 11.8 Å². The molecule has 10 heteroatoms. The van der Waals surface area contributed by atoms with Gasteiger partial charge in [-0.15, -0.1) is 0 Å². The average Bonchev–Trinajstić information content (AvgIpc) is 3.57. The van der Waals surface area contributed by atoms with Crippen LogP contribution >= 0.6 is 0 Å². The number of piperidine rings is 2. The Bertz CT molecular complexity index is 1050. The molecular weight excluding hydrogens is 482 g/mol. The lowest BCUT2D eigenvalue weighted by Gasteiger charge is -2.34. The molecule has 3 aliphatic rings. The number of hydrogen-bond donors (Lipinski definition) is 1. The van der Waals surface area contributed by atoms with Gasteiger partial charge >= 0.3 is 6.01 Å². The maximum absolute atomic E-state index is 12.4. The van der Waals surface area contributed by atoms with Crippen molar-refractivity contribution < 1.29 is 14.1 Å². The largest absolute Gasteiger partial charge is 0.492 e. The molecule has 38 heavy (non-hydrogen) atoms. The monoisotopic (exact) mass is 525 g/mol. The van der Waals surface area contributed by atoms with E-state index in [0.717, 1.165) is 75.7 Å². The summed E-state index contributed by atoms with van der Waals surface area (Å²) in [5.41, 5.74) is 6.43. The van der Waals surface area contributed by atoms with Crippen LogP contribution < -0.4 is 20.3 Å². The van der Waals surface area contributed by atoms with Crippen molar-refractivity contribution in [3.63, 3.8) is 0 Å². The summed E-state index contributed by atoms with van der Waals surface area (Å²) < 4.78 is 11.5. The molecule has 3 atom stereocenters. The maximum atomic E-state index is 12.4. The van der Waals surface area contributed by atoms with E-state index in [0.29, 0.717) is 37.4 Å². The molecule has 0 aliphatic carbocycles. The smallest absolute Gasteiger partial charge is 0.324 e. The van der Waals surface area contributed by atoms with Crippen molar-refractivity contribution in [2.24, 2.45) is 17.6 Å². The third kappa shape index (κ3) is 6.06. The second kappa shape index (κ2) is 11.9. The third-order valence-corrected chi connectivity index (χ3v) is 8.54. The summed E-state index contributed by atoms with van der Waals surface area (Å²) >= 11 is 0. The number of anilines is 2. The number of carbonyl (C=O) groups excluding carboxylic acids is 1. The topological polar surface area (TPSA) is 114 Å². The number of pyridine rings is 1. The van der Waals surface area contributed by atoms with Gasteiger partial charge in [0.2, 0.25) is 5.91 Å². The maximum Gasteiger partial charge on any atom is 0.324 e. The van der Waals surface area contributed by atoms with Crippen LogP contribution in [0.2, 0.25) is 0 Å². The molecule has 2 aromatic rings. The first kappa shape index (κ1) is 26.7. The van der Waals surface area contributed by atoms with Gasteiger partial charge in [0.15, 0.2) is 5.82 Å². The van der Waals surface area contributed by atoms with Gasteiger partial charge in [-0.3, -0.25) is 4.79 Å². The first-order chi connectivity index (χ1) is 18.4. The van der Waals surface area contributed by atoms with E-state index in [1.54, 1.807) is 6.20 Å². The molecule has 3 fully saturated rings. The van der Waals surface area contributed by atoms with Crippen molar-refractivity contribution in [3.8, 4) is 5.75 Å². The van der Waals surface area contributed by atoms with Crippen LogP contribution in [-0.4, -0.2) is 77.3 Å². The summed E-state index contributed by atoms with van der Waals surface area (Å²) in [6, 6.07) is 4.67. The minimum Gasteiger partial charge on any atom is -0.492 e. The van der Waals surface area contributed by atoms with E-state index in [-0.39, 0.29) is 23.9 Å². The molecular formula is C28H43N7O3. The highest BCUT2D eigenvalue weighted by Crippen LogP contribution is 2.30. The summed E-state index contributed by atoms with van der Waals surface area (Å²) in [5, 5.41) is 4.10. The molecule has 2 aromatic heterocycles. The van der Waals surface area contributed by atoms with E-state index < -0.39 is 0 Å². The highest BCUT2D eigenvalue weighted by atomic mass is 16.5. The zero-order valence-electron chi connectivity index (χ0n) is 23.1. The van der Waals surface area contributed by atoms with Gasteiger partial charge in [-0.25, -0.2) is 4.98 Å². The quantitative estimate of drug-likeness (QED) is 0.526. The van der Waals surface area contributed by atoms with Gasteiger partial charge in [-0.1, -0.05) is 25.9 Å². The van der Waals surface area contributed by atoms with Crippen LogP contribution in [0.15, 0.2) is 22.9 Å². The van der Waals surface area contributed by atoms with E-state index in [1.807, 2.05) is 17.0 Å². The van der Waals surface area contributed by atoms with Crippen LogP contribution in [0.25, 0.3) is 0 Å². The average molecular weight is 526 g/mol. The molecule has 208 valence electrons. The molecule has 0 radical (unpaired) electrons. The predicted molar refractivity (Wildman–Crippen MR) is 146 cm³/mol. The van der Waals surface area contributed by atoms with Gasteiger partial charge in [0.25, 0.3) is 0 Å². The van der Waals surface area contributed by atoms with Gasteiger partial charge < -0.3 is 29.7 Å². The van der Waals surface area contributed by atoms with Gasteiger partial charge in [-0.05, 0) is 56.1 Å². The summed E-state index contributed by atoms with van der Waals surface area (Å²) in [5.74, 6) is 4.22. The van der Waals surface area contributed by atoms with Gasteiger partial charge in [0.05, 0.1) is 18.8 Å². The van der Waals surface area contributed by atoms with Crippen molar-refractivity contribution in [3.05, 3.63) is 24.2 Å². The first-order valence-electron chi connectivity index (χ1n) is 14.4. The summed E-state index contributed by atoms with van der Waals surface area (Å²) in [6.07, 6.45) is 7.76. The number of hydrogen-bond acceptors (Lipinski definition) is 9. The minimum atomic E-state index is -0.0485. The number of carbonyl (C=O) groups is 1. The minimum absolute atomic E-state index is 0.0485. The SMILES string of the molecule is CC(C)c1noc(N2CCC([C@H](C)CCOc3ccc(N4C[C@H](N)[C@@H](N5CCCCC5=O)C4)nc3)CC2)n1. The Morgan fingerprint density at radius 2 is 1.92 bits per heavy atom. The Morgan fingerprint density at radius 3 is 2.61 bits per heavy atom. The number of rotatable bonds is 9. The Hall–Kier alpha value is -2.88. The predicted octanol–water partition coefficient (Wildman–Crippen LogP) is 3.44. The Morgan fingerprint density at radius 1 is 1.11 bits per heavy atom. The molecule has 0 saturated carbocycles. The zero-order chi connectivity index (χ0) is 26.6. The molecule has 5 rings (SSSR count). The Labute approximate surface area is 225 Å². The fourth-order valence-corrected chi connectivity index (χ4v) is 6.00. The standard InChI is InChI=1S/C28H43N7O3/c1-19(2)27-31-28(38-32-27)33-13-9-21(10-14-33)20(3)11-15-37-22-7-8-25(30-16-22)34-17-23(29)24(18-34)35-12-5-4-6-26(35)36/h7-8,16,19-21,23-24H,4-6,9-15,17-18,29H2,1-3H3/t20-,23+,24+/m1/s1. The molecule has 3 aliphatic heterocycles. The Balaban J connectivity index is 1.04. The number of nitrogens with zero attached hydrogens (tertiary/aromatic N) is 6. The zero-order valence-corrected chi connectivity index (χ0v) is 23.1. The lowest BCUT2D eigenvalue weighted by molar-refractivity contribution is -0.135. The highest BCUT2D eigenvalue weighted by Gasteiger charge is 2.38. The number of aromatic nitrogens is 3. The highest BCUT2D eigenvalue weighted by molar-refractivity contribution is 5.77. The summed E-state index contributed by atoms with van der Waals surface area (Å²) in [7, 11) is 0. The summed E-state index contributed by atoms with van der Waals surface area (Å²) in [4.78, 5) is 28.0. The van der Waals surface area contributed by atoms with E-state index in [2.05, 4.69) is 45.7 Å². The van der Waals surface area contributed by atoms with Crippen LogP contribution in [0, 0.1) is 11.8 Å². The van der Waals surface area contributed by atoms with Crippen LogP contribution in [0.5, 0.6) is 5.75 Å². The van der Waals surface area contributed by atoms with E-state index in [9.17, 15) is 4.79 Å². The number of nitrogens with two attached hydrogens (primary N) is 1. The van der Waals surface area contributed by atoms with Crippen LogP contribution in [0.3, 0.4) is 0 Å². The first-order valence-corrected chi connectivity index (χ1v) is 14.4. The number of amides is 1. The molecule has 3 saturated heterocycles. The van der Waals surface area contributed by atoms with Gasteiger partial charge in [0, 0.05) is 51.1 Å². The summed E-state index contributed by atoms with van der Waals surface area (Å²) in [6.45, 7) is 11.3. The molecule has 1 amide bonds. The second-order valence-corrected chi connectivity index (χ2v) is 11.6. The fourth-order valence-electron chi connectivity index (χ4n) is 6.00. The lowest BCUT2D eigenvalue weighted by Crippen LogP contribution is -2.51. The van der Waals surface area contributed by atoms with Crippen molar-refractivity contribution in [1.82, 2.24) is 20.0 Å². The molecule has 0 spiro atoms. The fraction of sp³-hybridized carbons (Fsp3) is 0.714. The van der Waals surface area contributed by atoms with E-state index in [1.165, 1.54) is 0 Å². The molecule has 0 unspecified atom stereocenters. The lowest BCUT2D eigenvalue weighted by atomic mass is 9.84. The van der Waals surface area contributed by atoms with Crippen molar-refractivity contribution in [1.29, 1.82) is 0 Å². The van der Waals surface area contributed by atoms with E-state index in [4.69, 9.17) is 15.0 Å². The normalized spacial score (nSPS) is 23.9. The van der Waals surface area contributed by atoms with Gasteiger partial charge in [0.1, 0.15) is 11.6 Å². The third-order valence-electron chi connectivity index (χ3n) is 8.54. The number of likely N-dealkylation sites (tertiary alicyclic amines) is 1. The van der Waals surface area contributed by atoms with Crippen LogP contribution in [-0.2, 0) is 4.79 Å². The second-order valence-electron chi connectivity index (χ2n) is 11.6. The molecule has 5 heterocycles. The van der Waals surface area contributed by atoms with Crippen LogP contribution in [0.1, 0.15) is 71.0 Å². The van der Waals surface area contributed by atoms with Crippen molar-refractivity contribution in [2.75, 3.05) is 49.1 Å². The Kier molecular flexibility index (Phi) is 8.35. The van der Waals surface area contributed by atoms with Gasteiger partial charge in [-0.2, -0.15) is 4.98 Å². The molecule has 0 aromatic carbocycles. The number of ether oxygens (including phenoxy) is 1. The molecule has 0 bridgehead atoms. The van der Waals surface area contributed by atoms with E-state index >= 15 is 0 Å². The molecule has 2 N–H and O–H groups in total. The van der Waals surface area contributed by atoms with Crippen molar-refractivity contribution in [2.45, 2.75) is 77.3 Å². The van der Waals surface area contributed by atoms with Crippen molar-refractivity contribution >= 4 is 17.7 Å².